The van der Waals surface area contributed by atoms with E-state index in [1.807, 2.05) is 28.0 Å². The van der Waals surface area contributed by atoms with Crippen molar-refractivity contribution in [2.24, 2.45) is 0 Å². The number of amides is 2. The van der Waals surface area contributed by atoms with E-state index in [1.54, 1.807) is 13.0 Å². The standard InChI is InChI=1S/C21H26N4O4/c1-15(27)23-4-6-24(7-5-23)20-13-17(14-26)22-19-3-2-16(12-18(19)20)21(28)25-8-10-29-11-9-25/h2-3,12-13,26H,4-11,14H2,1H3. The molecule has 4 rings (SSSR count). The molecule has 0 radical (unpaired) electrons. The lowest BCUT2D eigenvalue weighted by molar-refractivity contribution is -0.129. The summed E-state index contributed by atoms with van der Waals surface area (Å²) in [5.41, 5.74) is 2.91. The molecule has 8 nitrogen and oxygen atoms in total. The van der Waals surface area contributed by atoms with Crippen LogP contribution in [0.4, 0.5) is 5.69 Å². The predicted molar refractivity (Wildman–Crippen MR) is 109 cm³/mol. The Morgan fingerprint density at radius 1 is 1.03 bits per heavy atom. The van der Waals surface area contributed by atoms with E-state index in [1.165, 1.54) is 0 Å². The second kappa shape index (κ2) is 8.34. The Hall–Kier alpha value is -2.71. The number of piperazine rings is 1. The average molecular weight is 398 g/mol. The van der Waals surface area contributed by atoms with Crippen molar-refractivity contribution in [1.29, 1.82) is 0 Å². The molecule has 0 aliphatic carbocycles. The number of aliphatic hydroxyl groups is 1. The van der Waals surface area contributed by atoms with Gasteiger partial charge in [-0.3, -0.25) is 14.6 Å². The van der Waals surface area contributed by atoms with Crippen LogP contribution in [0.25, 0.3) is 10.9 Å². The number of aromatic nitrogens is 1. The van der Waals surface area contributed by atoms with Gasteiger partial charge in [-0.05, 0) is 24.3 Å². The molecule has 0 bridgehead atoms. The first-order chi connectivity index (χ1) is 14.1. The number of anilines is 1. The molecule has 2 saturated heterocycles. The summed E-state index contributed by atoms with van der Waals surface area (Å²) < 4.78 is 5.34. The quantitative estimate of drug-likeness (QED) is 0.826. The minimum Gasteiger partial charge on any atom is -0.390 e. The molecule has 1 aromatic carbocycles. The highest BCUT2D eigenvalue weighted by molar-refractivity contribution is 6.01. The molecule has 2 amide bonds. The maximum absolute atomic E-state index is 12.9. The number of carbonyl (C=O) groups excluding carboxylic acids is 2. The molecule has 3 heterocycles. The molecule has 154 valence electrons. The molecular formula is C21H26N4O4. The van der Waals surface area contributed by atoms with Crippen molar-refractivity contribution in [3.63, 3.8) is 0 Å². The zero-order chi connectivity index (χ0) is 20.4. The second-order valence-corrected chi connectivity index (χ2v) is 7.42. The van der Waals surface area contributed by atoms with Gasteiger partial charge >= 0.3 is 0 Å². The maximum Gasteiger partial charge on any atom is 0.254 e. The summed E-state index contributed by atoms with van der Waals surface area (Å²) in [6, 6.07) is 7.42. The van der Waals surface area contributed by atoms with E-state index < -0.39 is 0 Å². The van der Waals surface area contributed by atoms with Gasteiger partial charge in [0.15, 0.2) is 0 Å². The van der Waals surface area contributed by atoms with Gasteiger partial charge in [-0.25, -0.2) is 0 Å². The van der Waals surface area contributed by atoms with Gasteiger partial charge < -0.3 is 24.5 Å². The number of benzene rings is 1. The highest BCUT2D eigenvalue weighted by atomic mass is 16.5. The lowest BCUT2D eigenvalue weighted by atomic mass is 10.1. The Labute approximate surface area is 169 Å². The largest absolute Gasteiger partial charge is 0.390 e. The molecule has 0 atom stereocenters. The fourth-order valence-corrected chi connectivity index (χ4v) is 3.95. The molecule has 8 heteroatoms. The zero-order valence-corrected chi connectivity index (χ0v) is 16.6. The van der Waals surface area contributed by atoms with Gasteiger partial charge in [-0.15, -0.1) is 0 Å². The van der Waals surface area contributed by atoms with Crippen LogP contribution in [0, 0.1) is 0 Å². The van der Waals surface area contributed by atoms with Crippen LogP contribution in [0.3, 0.4) is 0 Å². The lowest BCUT2D eigenvalue weighted by Gasteiger charge is -2.36. The zero-order valence-electron chi connectivity index (χ0n) is 16.6. The Bertz CT molecular complexity index is 918. The van der Waals surface area contributed by atoms with Gasteiger partial charge in [0.05, 0.1) is 31.0 Å². The number of hydrogen-bond acceptors (Lipinski definition) is 6. The Balaban J connectivity index is 1.68. The number of fused-ring (bicyclic) bond motifs is 1. The first-order valence-corrected chi connectivity index (χ1v) is 9.99. The summed E-state index contributed by atoms with van der Waals surface area (Å²) in [5.74, 6) is 0.0764. The Morgan fingerprint density at radius 3 is 2.41 bits per heavy atom. The third-order valence-corrected chi connectivity index (χ3v) is 5.61. The number of morpholine rings is 1. The van der Waals surface area contributed by atoms with Crippen molar-refractivity contribution < 1.29 is 19.4 Å². The monoisotopic (exact) mass is 398 g/mol. The van der Waals surface area contributed by atoms with Crippen LogP contribution < -0.4 is 4.90 Å². The van der Waals surface area contributed by atoms with E-state index in [4.69, 9.17) is 4.74 Å². The highest BCUT2D eigenvalue weighted by Gasteiger charge is 2.23. The van der Waals surface area contributed by atoms with Crippen molar-refractivity contribution >= 4 is 28.4 Å². The molecule has 2 aromatic rings. The van der Waals surface area contributed by atoms with Crippen LogP contribution in [-0.2, 0) is 16.1 Å². The van der Waals surface area contributed by atoms with E-state index in [0.29, 0.717) is 63.7 Å². The normalized spacial score (nSPS) is 17.7. The van der Waals surface area contributed by atoms with Gasteiger partial charge in [0.25, 0.3) is 5.91 Å². The molecule has 1 aromatic heterocycles. The van der Waals surface area contributed by atoms with Gasteiger partial charge in [0.1, 0.15) is 0 Å². The van der Waals surface area contributed by atoms with Crippen LogP contribution >= 0.6 is 0 Å². The van der Waals surface area contributed by atoms with Crippen molar-refractivity contribution in [1.82, 2.24) is 14.8 Å². The second-order valence-electron chi connectivity index (χ2n) is 7.42. The number of nitrogens with zero attached hydrogens (tertiary/aromatic N) is 4. The molecule has 29 heavy (non-hydrogen) atoms. The van der Waals surface area contributed by atoms with Gasteiger partial charge in [0.2, 0.25) is 5.91 Å². The van der Waals surface area contributed by atoms with Gasteiger partial charge in [0, 0.05) is 62.8 Å². The third-order valence-electron chi connectivity index (χ3n) is 5.61. The Kier molecular flexibility index (Phi) is 5.64. The van der Waals surface area contributed by atoms with Gasteiger partial charge in [-0.2, -0.15) is 0 Å². The molecule has 0 saturated carbocycles. The van der Waals surface area contributed by atoms with Crippen molar-refractivity contribution in [3.05, 3.63) is 35.5 Å². The summed E-state index contributed by atoms with van der Waals surface area (Å²) in [6.07, 6.45) is 0. The topological polar surface area (TPSA) is 86.2 Å². The first kappa shape index (κ1) is 19.6. The van der Waals surface area contributed by atoms with E-state index in [0.717, 1.165) is 16.6 Å². The van der Waals surface area contributed by atoms with Crippen LogP contribution in [0.15, 0.2) is 24.3 Å². The minimum absolute atomic E-state index is 0.00576. The summed E-state index contributed by atoms with van der Waals surface area (Å²) in [7, 11) is 0. The minimum atomic E-state index is -0.148. The lowest BCUT2D eigenvalue weighted by Crippen LogP contribution is -2.48. The average Bonchev–Trinajstić information content (AvgIpc) is 2.78. The summed E-state index contributed by atoms with van der Waals surface area (Å²) >= 11 is 0. The van der Waals surface area contributed by atoms with Crippen LogP contribution in [-0.4, -0.2) is 84.2 Å². The van der Waals surface area contributed by atoms with Crippen molar-refractivity contribution in [2.45, 2.75) is 13.5 Å². The fraction of sp³-hybridized carbons (Fsp3) is 0.476. The number of aliphatic hydroxyl groups excluding tert-OH is 1. The molecule has 2 fully saturated rings. The van der Waals surface area contributed by atoms with E-state index >= 15 is 0 Å². The SMILES string of the molecule is CC(=O)N1CCN(c2cc(CO)nc3ccc(C(=O)N4CCOCC4)cc23)CC1. The van der Waals surface area contributed by atoms with Crippen LogP contribution in [0.1, 0.15) is 23.0 Å². The number of hydrogen-bond donors (Lipinski definition) is 1. The fourth-order valence-electron chi connectivity index (χ4n) is 3.95. The number of ether oxygens (including phenoxy) is 1. The number of rotatable bonds is 3. The highest BCUT2D eigenvalue weighted by Crippen LogP contribution is 2.29. The molecule has 2 aliphatic heterocycles. The number of pyridine rings is 1. The van der Waals surface area contributed by atoms with E-state index in [-0.39, 0.29) is 18.4 Å². The Morgan fingerprint density at radius 2 is 1.76 bits per heavy atom. The summed E-state index contributed by atoms with van der Waals surface area (Å²) in [5, 5.41) is 10.5. The molecule has 1 N–H and O–H groups in total. The molecular weight excluding hydrogens is 372 g/mol. The van der Waals surface area contributed by atoms with Crippen molar-refractivity contribution in [2.75, 3.05) is 57.4 Å². The van der Waals surface area contributed by atoms with E-state index in [9.17, 15) is 14.7 Å². The van der Waals surface area contributed by atoms with Crippen LogP contribution in [0.5, 0.6) is 0 Å². The summed E-state index contributed by atoms with van der Waals surface area (Å²) in [6.45, 7) is 6.46. The summed E-state index contributed by atoms with van der Waals surface area (Å²) in [4.78, 5) is 34.9. The van der Waals surface area contributed by atoms with E-state index in [2.05, 4.69) is 9.88 Å². The molecule has 0 spiro atoms. The third kappa shape index (κ3) is 4.04. The first-order valence-electron chi connectivity index (χ1n) is 9.99. The maximum atomic E-state index is 12.9. The van der Waals surface area contributed by atoms with Gasteiger partial charge in [-0.1, -0.05) is 0 Å². The smallest absolute Gasteiger partial charge is 0.254 e. The number of carbonyl (C=O) groups is 2. The van der Waals surface area contributed by atoms with Crippen molar-refractivity contribution in [3.8, 4) is 0 Å². The predicted octanol–water partition coefficient (Wildman–Crippen LogP) is 0.868. The van der Waals surface area contributed by atoms with Crippen LogP contribution in [0.2, 0.25) is 0 Å². The molecule has 2 aliphatic rings. The molecule has 0 unspecified atom stereocenters.